The van der Waals surface area contributed by atoms with Gasteiger partial charge in [-0.15, -0.1) is 0 Å². The van der Waals surface area contributed by atoms with Crippen LogP contribution >= 0.6 is 0 Å². The van der Waals surface area contributed by atoms with Gasteiger partial charge in [0.1, 0.15) is 0 Å². The molecule has 0 aliphatic heterocycles. The summed E-state index contributed by atoms with van der Waals surface area (Å²) in [7, 11) is 0. The number of Topliss-reactive ketones (excluding diaryl/α,β-unsaturated/α-hetero) is 1. The van der Waals surface area contributed by atoms with Crippen LogP contribution in [-0.2, 0) is 19.3 Å². The minimum Gasteiger partial charge on any atom is -0.294 e. The van der Waals surface area contributed by atoms with E-state index in [1.54, 1.807) is 0 Å². The van der Waals surface area contributed by atoms with Crippen molar-refractivity contribution in [3.05, 3.63) is 34.4 Å². The first-order valence-electron chi connectivity index (χ1n) is 6.44. The summed E-state index contributed by atoms with van der Waals surface area (Å²) in [5.41, 5.74) is 5.08. The van der Waals surface area contributed by atoms with Crippen molar-refractivity contribution in [1.82, 2.24) is 0 Å². The van der Waals surface area contributed by atoms with Crippen LogP contribution in [0.3, 0.4) is 0 Å². The normalized spacial score (nSPS) is 15.8. The molecule has 0 heterocycles. The number of aryl methyl sites for hydroxylation is 3. The highest BCUT2D eigenvalue weighted by Gasteiger charge is 2.17. The zero-order chi connectivity index (χ0) is 11.5. The highest BCUT2D eigenvalue weighted by molar-refractivity contribution is 5.98. The largest absolute Gasteiger partial charge is 0.294 e. The molecule has 1 nitrogen and oxygen atoms in total. The van der Waals surface area contributed by atoms with Gasteiger partial charge in [0.25, 0.3) is 0 Å². The van der Waals surface area contributed by atoms with Gasteiger partial charge in [-0.1, -0.05) is 19.9 Å². The predicted octanol–water partition coefficient (Wildman–Crippen LogP) is 3.72. The van der Waals surface area contributed by atoms with Gasteiger partial charge in [0.2, 0.25) is 0 Å². The lowest BCUT2D eigenvalue weighted by Crippen LogP contribution is -2.04. The van der Waals surface area contributed by atoms with Crippen LogP contribution in [0.25, 0.3) is 0 Å². The first-order valence-corrected chi connectivity index (χ1v) is 6.44. The average Bonchev–Trinajstić information content (AvgIpc) is 2.49. The smallest absolute Gasteiger partial charge is 0.163 e. The minimum absolute atomic E-state index is 0.352. The van der Waals surface area contributed by atoms with E-state index < -0.39 is 0 Å². The average molecular weight is 216 g/mol. The van der Waals surface area contributed by atoms with E-state index in [0.29, 0.717) is 5.78 Å². The van der Waals surface area contributed by atoms with Gasteiger partial charge in [0, 0.05) is 12.0 Å². The van der Waals surface area contributed by atoms with Crippen LogP contribution in [0.2, 0.25) is 0 Å². The van der Waals surface area contributed by atoms with Gasteiger partial charge in [-0.05, 0) is 54.9 Å². The van der Waals surface area contributed by atoms with Crippen molar-refractivity contribution < 1.29 is 4.79 Å². The van der Waals surface area contributed by atoms with Crippen molar-refractivity contribution >= 4 is 5.78 Å². The molecule has 0 amide bonds. The standard InChI is InChI=1S/C15H20O/c1-3-11-9-13-7-5-6-8-15(16)14(13)10-12(11)4-2/h9-10H,3-8H2,1-2H3. The maximum atomic E-state index is 12.0. The molecule has 0 unspecified atom stereocenters. The van der Waals surface area contributed by atoms with Crippen LogP contribution in [-0.4, -0.2) is 5.78 Å². The van der Waals surface area contributed by atoms with Crippen LogP contribution in [0.15, 0.2) is 12.1 Å². The second-order valence-corrected chi connectivity index (χ2v) is 4.62. The van der Waals surface area contributed by atoms with E-state index in [2.05, 4.69) is 26.0 Å². The van der Waals surface area contributed by atoms with E-state index in [0.717, 1.165) is 44.1 Å². The number of rotatable bonds is 2. The summed E-state index contributed by atoms with van der Waals surface area (Å²) in [6, 6.07) is 4.43. The molecule has 2 rings (SSSR count). The van der Waals surface area contributed by atoms with Crippen molar-refractivity contribution in [2.75, 3.05) is 0 Å². The van der Waals surface area contributed by atoms with Crippen LogP contribution in [0, 0.1) is 0 Å². The molecule has 0 saturated carbocycles. The summed E-state index contributed by atoms with van der Waals surface area (Å²) in [5, 5.41) is 0. The molecule has 1 aliphatic rings. The van der Waals surface area contributed by atoms with Gasteiger partial charge < -0.3 is 0 Å². The van der Waals surface area contributed by atoms with Gasteiger partial charge in [-0.25, -0.2) is 0 Å². The molecule has 1 aromatic carbocycles. The van der Waals surface area contributed by atoms with Crippen molar-refractivity contribution in [2.45, 2.75) is 52.4 Å². The number of hydrogen-bond donors (Lipinski definition) is 0. The molecule has 0 radical (unpaired) electrons. The number of carbonyl (C=O) groups is 1. The monoisotopic (exact) mass is 216 g/mol. The lowest BCUT2D eigenvalue weighted by atomic mass is 9.93. The van der Waals surface area contributed by atoms with Crippen molar-refractivity contribution in [1.29, 1.82) is 0 Å². The molecular weight excluding hydrogens is 196 g/mol. The second kappa shape index (κ2) is 4.82. The van der Waals surface area contributed by atoms with Gasteiger partial charge in [0.15, 0.2) is 5.78 Å². The Kier molecular flexibility index (Phi) is 3.42. The first-order chi connectivity index (χ1) is 7.76. The van der Waals surface area contributed by atoms with Crippen LogP contribution < -0.4 is 0 Å². The first kappa shape index (κ1) is 11.4. The summed E-state index contributed by atoms with van der Waals surface area (Å²) in [6.07, 6.45) is 6.14. The van der Waals surface area contributed by atoms with Crippen molar-refractivity contribution in [3.63, 3.8) is 0 Å². The van der Waals surface area contributed by atoms with E-state index >= 15 is 0 Å². The van der Waals surface area contributed by atoms with E-state index in [-0.39, 0.29) is 0 Å². The summed E-state index contributed by atoms with van der Waals surface area (Å²) < 4.78 is 0. The molecule has 0 fully saturated rings. The number of benzene rings is 1. The second-order valence-electron chi connectivity index (χ2n) is 4.62. The Morgan fingerprint density at radius 2 is 1.62 bits per heavy atom. The molecule has 0 atom stereocenters. The molecule has 0 saturated heterocycles. The Morgan fingerprint density at radius 3 is 2.31 bits per heavy atom. The Balaban J connectivity index is 2.51. The molecule has 0 spiro atoms. The molecule has 16 heavy (non-hydrogen) atoms. The third kappa shape index (κ3) is 2.04. The minimum atomic E-state index is 0.352. The number of ketones is 1. The van der Waals surface area contributed by atoms with E-state index in [4.69, 9.17) is 0 Å². The summed E-state index contributed by atoms with van der Waals surface area (Å²) >= 11 is 0. The van der Waals surface area contributed by atoms with Crippen LogP contribution in [0.1, 0.15) is 60.2 Å². The molecule has 0 bridgehead atoms. The van der Waals surface area contributed by atoms with Gasteiger partial charge >= 0.3 is 0 Å². The van der Waals surface area contributed by atoms with Crippen molar-refractivity contribution in [2.24, 2.45) is 0 Å². The highest BCUT2D eigenvalue weighted by atomic mass is 16.1. The zero-order valence-electron chi connectivity index (χ0n) is 10.3. The van der Waals surface area contributed by atoms with E-state index in [1.165, 1.54) is 16.7 Å². The molecule has 0 N–H and O–H groups in total. The van der Waals surface area contributed by atoms with Crippen molar-refractivity contribution in [3.8, 4) is 0 Å². The maximum absolute atomic E-state index is 12.0. The summed E-state index contributed by atoms with van der Waals surface area (Å²) in [5.74, 6) is 0.352. The molecule has 1 aromatic rings. The maximum Gasteiger partial charge on any atom is 0.163 e. The number of carbonyl (C=O) groups excluding carboxylic acids is 1. The quantitative estimate of drug-likeness (QED) is 0.689. The fourth-order valence-corrected chi connectivity index (χ4v) is 2.60. The van der Waals surface area contributed by atoms with Gasteiger partial charge in [0.05, 0.1) is 0 Å². The highest BCUT2D eigenvalue weighted by Crippen LogP contribution is 2.25. The number of fused-ring (bicyclic) bond motifs is 1. The Bertz CT molecular complexity index is 404. The third-order valence-electron chi connectivity index (χ3n) is 3.59. The Labute approximate surface area is 97.9 Å². The SMILES string of the molecule is CCc1cc2c(cc1CC)C(=O)CCCC2. The van der Waals surface area contributed by atoms with E-state index in [1.807, 2.05) is 0 Å². The molecular formula is C15H20O. The topological polar surface area (TPSA) is 17.1 Å². The molecule has 1 aliphatic carbocycles. The van der Waals surface area contributed by atoms with Crippen LogP contribution in [0.4, 0.5) is 0 Å². The molecule has 0 aromatic heterocycles. The fraction of sp³-hybridized carbons (Fsp3) is 0.533. The Morgan fingerprint density at radius 1 is 1.00 bits per heavy atom. The lowest BCUT2D eigenvalue weighted by Gasteiger charge is -2.12. The Hall–Kier alpha value is -1.11. The lowest BCUT2D eigenvalue weighted by molar-refractivity contribution is 0.0982. The van der Waals surface area contributed by atoms with E-state index in [9.17, 15) is 4.79 Å². The number of hydrogen-bond acceptors (Lipinski definition) is 1. The fourth-order valence-electron chi connectivity index (χ4n) is 2.60. The van der Waals surface area contributed by atoms with Gasteiger partial charge in [-0.3, -0.25) is 4.79 Å². The predicted molar refractivity (Wildman–Crippen MR) is 67.1 cm³/mol. The van der Waals surface area contributed by atoms with Gasteiger partial charge in [-0.2, -0.15) is 0 Å². The summed E-state index contributed by atoms with van der Waals surface area (Å²) in [6.45, 7) is 4.36. The summed E-state index contributed by atoms with van der Waals surface area (Å²) in [4.78, 5) is 12.0. The third-order valence-corrected chi connectivity index (χ3v) is 3.59. The zero-order valence-corrected chi connectivity index (χ0v) is 10.3. The molecule has 1 heteroatoms. The molecule has 86 valence electrons. The van der Waals surface area contributed by atoms with Crippen LogP contribution in [0.5, 0.6) is 0 Å².